The van der Waals surface area contributed by atoms with Crippen LogP contribution in [-0.4, -0.2) is 20.4 Å². The Balaban J connectivity index is 1.64. The summed E-state index contributed by atoms with van der Waals surface area (Å²) < 4.78 is 5.28. The third kappa shape index (κ3) is 3.61. The van der Waals surface area contributed by atoms with Gasteiger partial charge in [0.15, 0.2) is 5.82 Å². The van der Waals surface area contributed by atoms with Gasteiger partial charge in [-0.25, -0.2) is 4.98 Å². The molecule has 0 N–H and O–H groups in total. The molecule has 0 radical (unpaired) electrons. The molecule has 0 atom stereocenters. The second kappa shape index (κ2) is 6.72. The number of nitriles is 1. The van der Waals surface area contributed by atoms with Crippen molar-refractivity contribution in [2.45, 2.75) is 43.1 Å². The molecule has 1 aliphatic rings. The maximum Gasteiger partial charge on any atom is 0.258 e. The quantitative estimate of drug-likeness (QED) is 0.859. The highest BCUT2D eigenvalue weighted by atomic mass is 32.2. The largest absolute Gasteiger partial charge is 0.334 e. The van der Waals surface area contributed by atoms with E-state index in [1.807, 2.05) is 17.8 Å². The zero-order valence-corrected chi connectivity index (χ0v) is 12.5. The van der Waals surface area contributed by atoms with Crippen LogP contribution in [0.15, 0.2) is 22.9 Å². The number of hydrogen-bond donors (Lipinski definition) is 0. The van der Waals surface area contributed by atoms with Gasteiger partial charge in [-0.3, -0.25) is 0 Å². The van der Waals surface area contributed by atoms with Crippen LogP contribution < -0.4 is 0 Å². The third-order valence-corrected chi connectivity index (χ3v) is 4.96. The molecular formula is C15H16N4OS. The van der Waals surface area contributed by atoms with E-state index in [1.54, 1.807) is 18.3 Å². The van der Waals surface area contributed by atoms with Gasteiger partial charge in [0.2, 0.25) is 0 Å². The molecule has 1 saturated carbocycles. The second-order valence-electron chi connectivity index (χ2n) is 5.13. The highest BCUT2D eigenvalue weighted by Crippen LogP contribution is 2.30. The second-order valence-corrected chi connectivity index (χ2v) is 6.42. The van der Waals surface area contributed by atoms with Gasteiger partial charge in [0, 0.05) is 17.0 Å². The van der Waals surface area contributed by atoms with E-state index in [0.717, 1.165) is 22.4 Å². The molecule has 0 bridgehead atoms. The molecule has 0 amide bonds. The molecule has 2 aromatic heterocycles. The first-order valence-electron chi connectivity index (χ1n) is 7.16. The Labute approximate surface area is 127 Å². The van der Waals surface area contributed by atoms with E-state index < -0.39 is 0 Å². The van der Waals surface area contributed by atoms with Crippen molar-refractivity contribution in [2.75, 3.05) is 0 Å². The van der Waals surface area contributed by atoms with E-state index >= 15 is 0 Å². The number of nitrogens with zero attached hydrogens (tertiary/aromatic N) is 4. The lowest BCUT2D eigenvalue weighted by atomic mass is 10.0. The molecule has 1 aliphatic carbocycles. The minimum Gasteiger partial charge on any atom is -0.334 e. The Morgan fingerprint density at radius 3 is 3.00 bits per heavy atom. The fourth-order valence-corrected chi connectivity index (χ4v) is 3.65. The number of aromatic nitrogens is 3. The van der Waals surface area contributed by atoms with Gasteiger partial charge >= 0.3 is 0 Å². The Morgan fingerprint density at radius 2 is 2.19 bits per heavy atom. The Morgan fingerprint density at radius 1 is 1.33 bits per heavy atom. The summed E-state index contributed by atoms with van der Waals surface area (Å²) in [4.78, 5) is 8.34. The molecule has 0 unspecified atom stereocenters. The summed E-state index contributed by atoms with van der Waals surface area (Å²) in [6, 6.07) is 5.44. The predicted octanol–water partition coefficient (Wildman–Crippen LogP) is 3.57. The van der Waals surface area contributed by atoms with E-state index in [-0.39, 0.29) is 0 Å². The molecule has 1 fully saturated rings. The summed E-state index contributed by atoms with van der Waals surface area (Å²) in [5, 5.41) is 13.6. The first-order chi connectivity index (χ1) is 10.3. The highest BCUT2D eigenvalue weighted by molar-refractivity contribution is 7.99. The molecule has 5 nitrogen and oxygen atoms in total. The van der Waals surface area contributed by atoms with Crippen molar-refractivity contribution < 1.29 is 4.52 Å². The fourth-order valence-electron chi connectivity index (χ4n) is 2.48. The number of pyridine rings is 1. The zero-order valence-electron chi connectivity index (χ0n) is 11.7. The standard InChI is InChI=1S/C15H16N4OS/c16-9-12-8-11(6-7-17-12)15-18-14(19-20-15)10-21-13-4-2-1-3-5-13/h6-8,13H,1-5,10H2. The molecule has 2 aromatic rings. The SMILES string of the molecule is N#Cc1cc(-c2nc(CSC3CCCCC3)no2)ccn1. The van der Waals surface area contributed by atoms with Gasteiger partial charge in [-0.15, -0.1) is 0 Å². The normalized spacial score (nSPS) is 15.8. The Kier molecular flexibility index (Phi) is 4.51. The van der Waals surface area contributed by atoms with Crippen LogP contribution in [0.4, 0.5) is 0 Å². The lowest BCUT2D eigenvalue weighted by molar-refractivity contribution is 0.425. The topological polar surface area (TPSA) is 75.6 Å². The molecule has 108 valence electrons. The minimum absolute atomic E-state index is 0.351. The maximum absolute atomic E-state index is 8.86. The van der Waals surface area contributed by atoms with Crippen molar-refractivity contribution in [3.8, 4) is 17.5 Å². The molecule has 6 heteroatoms. The van der Waals surface area contributed by atoms with Crippen molar-refractivity contribution in [3.63, 3.8) is 0 Å². The van der Waals surface area contributed by atoms with Crippen LogP contribution in [0, 0.1) is 11.3 Å². The van der Waals surface area contributed by atoms with Crippen LogP contribution in [0.5, 0.6) is 0 Å². The summed E-state index contributed by atoms with van der Waals surface area (Å²) >= 11 is 1.92. The molecule has 21 heavy (non-hydrogen) atoms. The lowest BCUT2D eigenvalue weighted by Crippen LogP contribution is -2.08. The van der Waals surface area contributed by atoms with Crippen LogP contribution >= 0.6 is 11.8 Å². The minimum atomic E-state index is 0.351. The lowest BCUT2D eigenvalue weighted by Gasteiger charge is -2.19. The van der Waals surface area contributed by atoms with Crippen molar-refractivity contribution in [3.05, 3.63) is 29.8 Å². The molecular weight excluding hydrogens is 284 g/mol. The van der Waals surface area contributed by atoms with Crippen LogP contribution in [0.2, 0.25) is 0 Å². The number of thioether (sulfide) groups is 1. The van der Waals surface area contributed by atoms with E-state index in [1.165, 1.54) is 32.1 Å². The first kappa shape index (κ1) is 14.1. The van der Waals surface area contributed by atoms with Crippen molar-refractivity contribution in [1.82, 2.24) is 15.1 Å². The smallest absolute Gasteiger partial charge is 0.258 e. The van der Waals surface area contributed by atoms with Gasteiger partial charge in [0.1, 0.15) is 11.8 Å². The van der Waals surface area contributed by atoms with Crippen LogP contribution in [0.3, 0.4) is 0 Å². The molecule has 3 rings (SSSR count). The third-order valence-electron chi connectivity index (χ3n) is 3.59. The fraction of sp³-hybridized carbons (Fsp3) is 0.467. The zero-order chi connectivity index (χ0) is 14.5. The summed E-state index contributed by atoms with van der Waals surface area (Å²) in [7, 11) is 0. The van der Waals surface area contributed by atoms with Crippen molar-refractivity contribution >= 4 is 11.8 Å². The summed E-state index contributed by atoms with van der Waals surface area (Å²) in [6.45, 7) is 0. The Bertz CT molecular complexity index is 643. The van der Waals surface area contributed by atoms with Crippen LogP contribution in [-0.2, 0) is 5.75 Å². The highest BCUT2D eigenvalue weighted by Gasteiger charge is 2.16. The Hall–Kier alpha value is -1.87. The molecule has 0 saturated heterocycles. The molecule has 0 aromatic carbocycles. The van der Waals surface area contributed by atoms with Crippen LogP contribution in [0.25, 0.3) is 11.5 Å². The number of hydrogen-bond acceptors (Lipinski definition) is 6. The van der Waals surface area contributed by atoms with E-state index in [4.69, 9.17) is 9.78 Å². The monoisotopic (exact) mass is 300 g/mol. The summed E-state index contributed by atoms with van der Waals surface area (Å²) in [6.07, 6.45) is 8.21. The average molecular weight is 300 g/mol. The van der Waals surface area contributed by atoms with Gasteiger partial charge in [-0.05, 0) is 25.0 Å². The first-order valence-corrected chi connectivity index (χ1v) is 8.21. The summed E-state index contributed by atoms with van der Waals surface area (Å²) in [5.41, 5.74) is 1.09. The van der Waals surface area contributed by atoms with Crippen molar-refractivity contribution in [1.29, 1.82) is 5.26 Å². The van der Waals surface area contributed by atoms with Gasteiger partial charge in [-0.1, -0.05) is 24.4 Å². The van der Waals surface area contributed by atoms with Crippen LogP contribution in [0.1, 0.15) is 43.6 Å². The summed E-state index contributed by atoms with van der Waals surface area (Å²) in [5.74, 6) is 1.95. The predicted molar refractivity (Wildman–Crippen MR) is 80.4 cm³/mol. The van der Waals surface area contributed by atoms with E-state index in [2.05, 4.69) is 15.1 Å². The maximum atomic E-state index is 8.86. The molecule has 0 aliphatic heterocycles. The van der Waals surface area contributed by atoms with Gasteiger partial charge in [0.05, 0.1) is 5.75 Å². The van der Waals surface area contributed by atoms with E-state index in [0.29, 0.717) is 11.6 Å². The number of rotatable bonds is 4. The van der Waals surface area contributed by atoms with Gasteiger partial charge in [-0.2, -0.15) is 22.0 Å². The molecule has 0 spiro atoms. The van der Waals surface area contributed by atoms with Crippen molar-refractivity contribution in [2.24, 2.45) is 0 Å². The van der Waals surface area contributed by atoms with Gasteiger partial charge < -0.3 is 4.52 Å². The van der Waals surface area contributed by atoms with Gasteiger partial charge in [0.25, 0.3) is 5.89 Å². The van der Waals surface area contributed by atoms with E-state index in [9.17, 15) is 0 Å². The molecule has 2 heterocycles. The average Bonchev–Trinajstić information content (AvgIpc) is 3.03.